The number of hydrogen-bond donors (Lipinski definition) is 1. The predicted octanol–water partition coefficient (Wildman–Crippen LogP) is 2.12. The summed E-state index contributed by atoms with van der Waals surface area (Å²) in [5, 5.41) is 3.66. The molecular weight excluding hydrogens is 193 g/mol. The first kappa shape index (κ1) is 9.05. The van der Waals surface area contributed by atoms with Gasteiger partial charge in [-0.15, -0.1) is 0 Å². The van der Waals surface area contributed by atoms with Gasteiger partial charge in [0, 0.05) is 24.3 Å². The van der Waals surface area contributed by atoms with Gasteiger partial charge in [-0.05, 0) is 6.07 Å². The molecule has 74 valence electrons. The number of hydrazone groups is 1. The molecule has 1 aromatic rings. The molecule has 2 rings (SSSR count). The van der Waals surface area contributed by atoms with Crippen LogP contribution in [0.4, 0.5) is 13.2 Å². The molecule has 0 amide bonds. The van der Waals surface area contributed by atoms with Crippen LogP contribution in [-0.4, -0.2) is 6.21 Å². The van der Waals surface area contributed by atoms with Crippen LogP contribution in [-0.2, 0) is 0 Å². The van der Waals surface area contributed by atoms with Crippen LogP contribution in [0, 0.1) is 17.5 Å². The van der Waals surface area contributed by atoms with Crippen LogP contribution < -0.4 is 5.43 Å². The number of nitrogens with zero attached hydrogens (tertiary/aromatic N) is 1. The van der Waals surface area contributed by atoms with Gasteiger partial charge in [0.1, 0.15) is 5.82 Å². The van der Waals surface area contributed by atoms with Crippen LogP contribution in [0.3, 0.4) is 0 Å². The van der Waals surface area contributed by atoms with Crippen molar-refractivity contribution in [3.05, 3.63) is 35.1 Å². The summed E-state index contributed by atoms with van der Waals surface area (Å²) in [6, 6.07) is 1.03. The molecule has 0 saturated heterocycles. The monoisotopic (exact) mass is 200 g/mol. The van der Waals surface area contributed by atoms with E-state index in [0.29, 0.717) is 12.5 Å². The summed E-state index contributed by atoms with van der Waals surface area (Å²) in [4.78, 5) is 0. The third-order valence-corrected chi connectivity index (χ3v) is 2.06. The van der Waals surface area contributed by atoms with E-state index in [1.807, 2.05) is 0 Å². The Bertz CT molecular complexity index is 382. The van der Waals surface area contributed by atoms with Crippen LogP contribution in [0.25, 0.3) is 0 Å². The number of nitrogens with one attached hydrogen (secondary N) is 1. The standard InChI is InChI=1S/C9H7F3N2/c10-5-3-6(8-1-2-13-14-8)9(12)7(11)4-5/h2-4,8,14H,1H2. The summed E-state index contributed by atoms with van der Waals surface area (Å²) in [6.07, 6.45) is 1.97. The van der Waals surface area contributed by atoms with Gasteiger partial charge in [0.25, 0.3) is 0 Å². The SMILES string of the molecule is Fc1cc(F)c(F)c(C2CC=NN2)c1. The van der Waals surface area contributed by atoms with Gasteiger partial charge in [-0.25, -0.2) is 13.2 Å². The molecule has 0 spiro atoms. The third-order valence-electron chi connectivity index (χ3n) is 2.06. The Labute approximate surface area is 78.4 Å². The molecule has 0 aromatic heterocycles. The lowest BCUT2D eigenvalue weighted by Crippen LogP contribution is -2.12. The molecule has 1 atom stereocenters. The Hall–Kier alpha value is -1.52. The average Bonchev–Trinajstić information content (AvgIpc) is 2.63. The van der Waals surface area contributed by atoms with Crippen molar-refractivity contribution in [3.63, 3.8) is 0 Å². The summed E-state index contributed by atoms with van der Waals surface area (Å²) in [5.41, 5.74) is 2.54. The Morgan fingerprint density at radius 1 is 1.29 bits per heavy atom. The highest BCUT2D eigenvalue weighted by Gasteiger charge is 2.20. The largest absolute Gasteiger partial charge is 0.302 e. The fourth-order valence-corrected chi connectivity index (χ4v) is 1.38. The fraction of sp³-hybridized carbons (Fsp3) is 0.222. The zero-order chi connectivity index (χ0) is 10.1. The molecule has 0 fully saturated rings. The lowest BCUT2D eigenvalue weighted by Gasteiger charge is -2.11. The quantitative estimate of drug-likeness (QED) is 0.690. The molecule has 1 aliphatic heterocycles. The maximum absolute atomic E-state index is 13.2. The van der Waals surface area contributed by atoms with Crippen molar-refractivity contribution in [2.24, 2.45) is 5.10 Å². The Balaban J connectivity index is 2.41. The minimum Gasteiger partial charge on any atom is -0.302 e. The molecule has 1 aromatic carbocycles. The predicted molar refractivity (Wildman–Crippen MR) is 45.3 cm³/mol. The molecule has 2 nitrogen and oxygen atoms in total. The Morgan fingerprint density at radius 3 is 2.71 bits per heavy atom. The summed E-state index contributed by atoms with van der Waals surface area (Å²) in [5.74, 6) is -2.98. The van der Waals surface area contributed by atoms with Crippen molar-refractivity contribution in [2.45, 2.75) is 12.5 Å². The first-order chi connectivity index (χ1) is 6.68. The summed E-state index contributed by atoms with van der Waals surface area (Å²) < 4.78 is 38.8. The first-order valence-corrected chi connectivity index (χ1v) is 4.10. The normalized spacial score (nSPS) is 19.8. The van der Waals surface area contributed by atoms with E-state index in [9.17, 15) is 13.2 Å². The summed E-state index contributed by atoms with van der Waals surface area (Å²) >= 11 is 0. The van der Waals surface area contributed by atoms with Crippen LogP contribution in [0.2, 0.25) is 0 Å². The van der Waals surface area contributed by atoms with Gasteiger partial charge in [0.2, 0.25) is 0 Å². The molecule has 14 heavy (non-hydrogen) atoms. The molecule has 1 N–H and O–H groups in total. The van der Waals surface area contributed by atoms with Crippen molar-refractivity contribution in [3.8, 4) is 0 Å². The van der Waals surface area contributed by atoms with Crippen LogP contribution in [0.5, 0.6) is 0 Å². The zero-order valence-corrected chi connectivity index (χ0v) is 7.10. The highest BCUT2D eigenvalue weighted by Crippen LogP contribution is 2.24. The van der Waals surface area contributed by atoms with E-state index in [1.165, 1.54) is 6.21 Å². The highest BCUT2D eigenvalue weighted by atomic mass is 19.2. The molecule has 0 bridgehead atoms. The number of halogens is 3. The second-order valence-corrected chi connectivity index (χ2v) is 3.02. The summed E-state index contributed by atoms with van der Waals surface area (Å²) in [7, 11) is 0. The van der Waals surface area contributed by atoms with Gasteiger partial charge in [-0.3, -0.25) is 0 Å². The average molecular weight is 200 g/mol. The van der Waals surface area contributed by atoms with Gasteiger partial charge >= 0.3 is 0 Å². The van der Waals surface area contributed by atoms with Gasteiger partial charge in [-0.2, -0.15) is 5.10 Å². The molecule has 1 unspecified atom stereocenters. The van der Waals surface area contributed by atoms with Crippen LogP contribution in [0.15, 0.2) is 17.2 Å². The number of hydrogen-bond acceptors (Lipinski definition) is 2. The maximum atomic E-state index is 13.2. The van der Waals surface area contributed by atoms with E-state index in [4.69, 9.17) is 0 Å². The van der Waals surface area contributed by atoms with Gasteiger partial charge in [-0.1, -0.05) is 0 Å². The Kier molecular flexibility index (Phi) is 2.15. The zero-order valence-electron chi connectivity index (χ0n) is 7.10. The molecule has 5 heteroatoms. The molecule has 0 aliphatic carbocycles. The van der Waals surface area contributed by atoms with E-state index < -0.39 is 23.5 Å². The Morgan fingerprint density at radius 2 is 2.07 bits per heavy atom. The maximum Gasteiger partial charge on any atom is 0.164 e. The van der Waals surface area contributed by atoms with Gasteiger partial charge < -0.3 is 5.43 Å². The van der Waals surface area contributed by atoms with Gasteiger partial charge in [0.05, 0.1) is 6.04 Å². The van der Waals surface area contributed by atoms with E-state index in [2.05, 4.69) is 10.5 Å². The van der Waals surface area contributed by atoms with Gasteiger partial charge in [0.15, 0.2) is 11.6 Å². The fourth-order valence-electron chi connectivity index (χ4n) is 1.38. The van der Waals surface area contributed by atoms with E-state index in [1.54, 1.807) is 0 Å². The van der Waals surface area contributed by atoms with Crippen LogP contribution >= 0.6 is 0 Å². The summed E-state index contributed by atoms with van der Waals surface area (Å²) in [6.45, 7) is 0. The van der Waals surface area contributed by atoms with E-state index in [0.717, 1.165) is 6.07 Å². The highest BCUT2D eigenvalue weighted by molar-refractivity contribution is 5.60. The second-order valence-electron chi connectivity index (χ2n) is 3.02. The number of benzene rings is 1. The first-order valence-electron chi connectivity index (χ1n) is 4.10. The minimum atomic E-state index is -1.17. The van der Waals surface area contributed by atoms with Crippen molar-refractivity contribution in [1.29, 1.82) is 0 Å². The molecular formula is C9H7F3N2. The molecule has 0 saturated carbocycles. The third kappa shape index (κ3) is 1.45. The van der Waals surface area contributed by atoms with E-state index >= 15 is 0 Å². The smallest absolute Gasteiger partial charge is 0.164 e. The molecule has 0 radical (unpaired) electrons. The van der Waals surface area contributed by atoms with Crippen molar-refractivity contribution in [2.75, 3.05) is 0 Å². The van der Waals surface area contributed by atoms with Crippen molar-refractivity contribution >= 4 is 6.21 Å². The van der Waals surface area contributed by atoms with Crippen LogP contribution in [0.1, 0.15) is 18.0 Å². The lowest BCUT2D eigenvalue weighted by molar-refractivity contribution is 0.465. The molecule has 1 heterocycles. The van der Waals surface area contributed by atoms with Crippen molar-refractivity contribution < 1.29 is 13.2 Å². The topological polar surface area (TPSA) is 24.4 Å². The van der Waals surface area contributed by atoms with E-state index in [-0.39, 0.29) is 5.56 Å². The second kappa shape index (κ2) is 3.32. The van der Waals surface area contributed by atoms with Crippen molar-refractivity contribution in [1.82, 2.24) is 5.43 Å². The lowest BCUT2D eigenvalue weighted by atomic mass is 10.0. The molecule has 1 aliphatic rings. The minimum absolute atomic E-state index is 0.0278. The number of rotatable bonds is 1.